The van der Waals surface area contributed by atoms with Crippen molar-refractivity contribution in [2.75, 3.05) is 25.0 Å². The molecule has 5 aromatic heterocycles. The minimum Gasteiger partial charge on any atom is -0.368 e. The molecular weight excluding hydrogens is 711 g/mol. The van der Waals surface area contributed by atoms with Crippen LogP contribution < -0.4 is 16.2 Å². The first-order valence-corrected chi connectivity index (χ1v) is 19.4. The average molecular weight is 754 g/mol. The van der Waals surface area contributed by atoms with Gasteiger partial charge in [0.05, 0.1) is 41.6 Å². The van der Waals surface area contributed by atoms with E-state index in [0.717, 1.165) is 81.2 Å². The third-order valence-electron chi connectivity index (χ3n) is 11.6. The van der Waals surface area contributed by atoms with Crippen molar-refractivity contribution >= 4 is 28.5 Å². The van der Waals surface area contributed by atoms with Crippen LogP contribution in [0, 0.1) is 28.6 Å². The topological polar surface area (TPSA) is 205 Å². The van der Waals surface area contributed by atoms with Gasteiger partial charge in [-0.15, -0.1) is 5.10 Å². The van der Waals surface area contributed by atoms with Gasteiger partial charge in [-0.2, -0.15) is 20.3 Å². The van der Waals surface area contributed by atoms with E-state index in [0.29, 0.717) is 52.6 Å². The maximum Gasteiger partial charge on any atom is 0.251 e. The first-order chi connectivity index (χ1) is 27.3. The Hall–Kier alpha value is -6.26. The number of aromatic nitrogens is 8. The van der Waals surface area contributed by atoms with Gasteiger partial charge in [0.1, 0.15) is 23.8 Å². The smallest absolute Gasteiger partial charge is 0.251 e. The molecule has 2 saturated heterocycles. The number of likely N-dealkylation sites (tertiary alicyclic amines) is 1. The first kappa shape index (κ1) is 36.7. The summed E-state index contributed by atoms with van der Waals surface area (Å²) in [5.74, 6) is 1.12. The van der Waals surface area contributed by atoms with Gasteiger partial charge in [-0.25, -0.2) is 14.6 Å². The lowest BCUT2D eigenvalue weighted by atomic mass is 9.79. The number of pyridine rings is 3. The molecule has 2 atom stereocenters. The minimum absolute atomic E-state index is 0.189. The van der Waals surface area contributed by atoms with Crippen LogP contribution in [0.5, 0.6) is 0 Å². The summed E-state index contributed by atoms with van der Waals surface area (Å²) in [7, 11) is 0. The van der Waals surface area contributed by atoms with E-state index < -0.39 is 18.0 Å². The third kappa shape index (κ3) is 7.65. The zero-order chi connectivity index (χ0) is 38.8. The molecule has 3 aliphatic rings. The predicted octanol–water partition coefficient (Wildman–Crippen LogP) is 4.27. The van der Waals surface area contributed by atoms with E-state index in [4.69, 9.17) is 0 Å². The monoisotopic (exact) mass is 753 g/mol. The molecule has 0 bridgehead atoms. The number of rotatable bonds is 10. The minimum atomic E-state index is -0.631. The number of fused-ring (bicyclic) bond motifs is 1. The Morgan fingerprint density at radius 1 is 0.964 bits per heavy atom. The molecule has 7 heterocycles. The largest absolute Gasteiger partial charge is 0.368 e. The molecule has 16 nitrogen and oxygen atoms in total. The molecule has 56 heavy (non-hydrogen) atoms. The van der Waals surface area contributed by atoms with Gasteiger partial charge in [0.15, 0.2) is 11.5 Å². The zero-order valence-corrected chi connectivity index (χ0v) is 31.2. The lowest BCUT2D eigenvalue weighted by Gasteiger charge is -2.34. The summed E-state index contributed by atoms with van der Waals surface area (Å²) >= 11 is 0. The molecule has 5 aromatic rings. The highest BCUT2D eigenvalue weighted by atomic mass is 16.2. The van der Waals surface area contributed by atoms with Gasteiger partial charge in [-0.1, -0.05) is 5.21 Å². The summed E-state index contributed by atoms with van der Waals surface area (Å²) in [4.78, 5) is 48.4. The molecule has 1 saturated carbocycles. The van der Waals surface area contributed by atoms with Crippen LogP contribution in [-0.4, -0.2) is 81.7 Å². The Labute approximate surface area is 323 Å². The van der Waals surface area contributed by atoms with Crippen LogP contribution in [0.4, 0.5) is 5.69 Å². The molecule has 8 rings (SSSR count). The zero-order valence-electron chi connectivity index (χ0n) is 31.2. The highest BCUT2D eigenvalue weighted by molar-refractivity contribution is 5.99. The van der Waals surface area contributed by atoms with Crippen LogP contribution >= 0.6 is 0 Å². The number of hydrogen-bond acceptors (Lipinski definition) is 12. The van der Waals surface area contributed by atoms with Gasteiger partial charge in [-0.3, -0.25) is 19.7 Å². The standard InChI is InChI=1S/C40H43N13O3/c1-25(19-41)46-32-18-36(53-39-31(22-45-53)16-27(20-42)21-44-39)43-23-35(32)52-24-33(48-49-52)29-4-2-26(3-5-29)8-12-50-13-9-28(10-14-50)30-11-15-51(38(55)17-30)34-6-7-37(54)47-40(34)56/h11,15-18,21-26,28-29,34H,2-10,12-14H2,1H3,(H,43,46)(H,47,54,56)/t25-,26?,29?,34?/m1/s1. The molecule has 1 unspecified atom stereocenters. The second-order valence-electron chi connectivity index (χ2n) is 15.2. The van der Waals surface area contributed by atoms with Gasteiger partial charge < -0.3 is 14.8 Å². The van der Waals surface area contributed by atoms with Gasteiger partial charge in [0.2, 0.25) is 11.8 Å². The second kappa shape index (κ2) is 15.8. The Morgan fingerprint density at radius 2 is 1.79 bits per heavy atom. The number of amides is 2. The molecular formula is C40H43N13O3. The van der Waals surface area contributed by atoms with E-state index in [-0.39, 0.29) is 17.9 Å². The van der Waals surface area contributed by atoms with Crippen LogP contribution in [0.3, 0.4) is 0 Å². The molecule has 2 N–H and O–H groups in total. The Kier molecular flexibility index (Phi) is 10.4. The maximum atomic E-state index is 12.9. The highest BCUT2D eigenvalue weighted by Crippen LogP contribution is 2.37. The van der Waals surface area contributed by atoms with E-state index in [1.807, 2.05) is 18.3 Å². The Bertz CT molecular complexity index is 2400. The van der Waals surface area contributed by atoms with E-state index in [9.17, 15) is 24.9 Å². The van der Waals surface area contributed by atoms with Crippen LogP contribution in [0.15, 0.2) is 60.0 Å². The van der Waals surface area contributed by atoms with Crippen molar-refractivity contribution in [3.8, 4) is 23.6 Å². The number of piperidine rings is 2. The summed E-state index contributed by atoms with van der Waals surface area (Å²) in [6.45, 7) is 4.85. The number of carbonyl (C=O) groups is 2. The average Bonchev–Trinajstić information content (AvgIpc) is 3.89. The highest BCUT2D eigenvalue weighted by Gasteiger charge is 2.30. The number of anilines is 1. The summed E-state index contributed by atoms with van der Waals surface area (Å²) in [6.07, 6.45) is 16.7. The SMILES string of the molecule is C[C@H](C#N)Nc1cc(-n2ncc3cc(C#N)cnc32)ncc1-n1cc(C2CCC(CCN3CCC(c4ccn(C5CCC(=O)NC5=O)c(=O)c4)CC3)CC2)nn1. The molecule has 0 aromatic carbocycles. The summed E-state index contributed by atoms with van der Waals surface area (Å²) in [5.41, 5.74) is 4.13. The summed E-state index contributed by atoms with van der Waals surface area (Å²) in [6, 6.07) is 10.4. The molecule has 2 amide bonds. The van der Waals surface area contributed by atoms with Gasteiger partial charge >= 0.3 is 0 Å². The molecule has 1 aliphatic carbocycles. The molecule has 16 heteroatoms. The lowest BCUT2D eigenvalue weighted by Crippen LogP contribution is -2.44. The number of imide groups is 1. The van der Waals surface area contributed by atoms with Gasteiger partial charge in [0, 0.05) is 42.3 Å². The number of nitriles is 2. The number of nitrogens with zero attached hydrogens (tertiary/aromatic N) is 11. The molecule has 2 aliphatic heterocycles. The maximum absolute atomic E-state index is 12.9. The molecule has 0 spiro atoms. The molecule has 286 valence electrons. The normalized spacial score (nSPS) is 21.3. The molecule has 0 radical (unpaired) electrons. The first-order valence-electron chi connectivity index (χ1n) is 19.4. The quantitative estimate of drug-likeness (QED) is 0.192. The fourth-order valence-corrected chi connectivity index (χ4v) is 8.41. The number of hydrogen-bond donors (Lipinski definition) is 2. The summed E-state index contributed by atoms with van der Waals surface area (Å²) < 4.78 is 4.78. The van der Waals surface area contributed by atoms with Crippen molar-refractivity contribution in [2.24, 2.45) is 5.92 Å². The van der Waals surface area contributed by atoms with Crippen molar-refractivity contribution in [1.82, 2.24) is 49.5 Å². The van der Waals surface area contributed by atoms with Crippen LogP contribution in [-0.2, 0) is 9.59 Å². The van der Waals surface area contributed by atoms with Crippen molar-refractivity contribution in [3.05, 3.63) is 82.4 Å². The predicted molar refractivity (Wildman–Crippen MR) is 205 cm³/mol. The number of carbonyl (C=O) groups excluding carboxylic acids is 2. The van der Waals surface area contributed by atoms with E-state index in [1.54, 1.807) is 47.0 Å². The van der Waals surface area contributed by atoms with Crippen molar-refractivity contribution in [1.29, 1.82) is 10.5 Å². The van der Waals surface area contributed by atoms with Crippen LogP contribution in [0.2, 0.25) is 0 Å². The fraction of sp³-hybridized carbons (Fsp3) is 0.450. The Balaban J connectivity index is 0.842. The van der Waals surface area contributed by atoms with Crippen molar-refractivity contribution < 1.29 is 9.59 Å². The van der Waals surface area contributed by atoms with Crippen LogP contribution in [0.1, 0.15) is 99.4 Å². The van der Waals surface area contributed by atoms with Crippen molar-refractivity contribution in [2.45, 2.75) is 88.6 Å². The van der Waals surface area contributed by atoms with Gasteiger partial charge in [0.25, 0.3) is 5.56 Å². The van der Waals surface area contributed by atoms with Crippen molar-refractivity contribution in [3.63, 3.8) is 0 Å². The van der Waals surface area contributed by atoms with E-state index >= 15 is 0 Å². The van der Waals surface area contributed by atoms with E-state index in [1.165, 1.54) is 10.8 Å². The second-order valence-corrected chi connectivity index (χ2v) is 15.2. The van der Waals surface area contributed by atoms with Gasteiger partial charge in [-0.05, 0) is 107 Å². The third-order valence-corrected chi connectivity index (χ3v) is 11.6. The number of nitrogens with one attached hydrogen (secondary N) is 2. The summed E-state index contributed by atoms with van der Waals surface area (Å²) in [5, 5.41) is 38.7. The van der Waals surface area contributed by atoms with Crippen LogP contribution in [0.25, 0.3) is 22.5 Å². The lowest BCUT2D eigenvalue weighted by molar-refractivity contribution is -0.135. The molecule has 3 fully saturated rings. The Morgan fingerprint density at radius 3 is 2.54 bits per heavy atom. The van der Waals surface area contributed by atoms with E-state index in [2.05, 4.69) is 53.1 Å². The fourth-order valence-electron chi connectivity index (χ4n) is 8.41.